The Labute approximate surface area is 236 Å². The average Bonchev–Trinajstić information content (AvgIpc) is 3.42. The van der Waals surface area contributed by atoms with Crippen molar-refractivity contribution in [2.24, 2.45) is 0 Å². The molecule has 0 saturated heterocycles. The van der Waals surface area contributed by atoms with Gasteiger partial charge in [0, 0.05) is 17.5 Å². The van der Waals surface area contributed by atoms with E-state index in [9.17, 15) is 14.0 Å². The molecule has 3 aromatic carbocycles. The molecule has 0 aliphatic carbocycles. The highest BCUT2D eigenvalue weighted by molar-refractivity contribution is 5.80. The van der Waals surface area contributed by atoms with Crippen LogP contribution in [0.5, 0.6) is 5.75 Å². The van der Waals surface area contributed by atoms with Crippen molar-refractivity contribution in [3.05, 3.63) is 116 Å². The monoisotopic (exact) mass is 554 g/mol. The molecule has 8 nitrogen and oxygen atoms in total. The lowest BCUT2D eigenvalue weighted by molar-refractivity contribution is 0.182. The van der Waals surface area contributed by atoms with Gasteiger partial charge >= 0.3 is 5.76 Å². The van der Waals surface area contributed by atoms with E-state index < -0.39 is 18.5 Å². The van der Waals surface area contributed by atoms with Gasteiger partial charge in [-0.15, -0.1) is 0 Å². The number of halogens is 1. The molecule has 210 valence electrons. The molecule has 9 heteroatoms. The Morgan fingerprint density at radius 2 is 1.71 bits per heavy atom. The fourth-order valence-corrected chi connectivity index (χ4v) is 4.87. The molecular formula is C32H31FN4O4. The van der Waals surface area contributed by atoms with Crippen LogP contribution < -0.4 is 16.1 Å². The smallest absolute Gasteiger partial charge is 0.439 e. The molecule has 0 radical (unpaired) electrons. The van der Waals surface area contributed by atoms with Crippen LogP contribution >= 0.6 is 0 Å². The fraction of sp³-hybridized carbons (Fsp3) is 0.250. The second kappa shape index (κ2) is 12.2. The first kappa shape index (κ1) is 27.8. The Morgan fingerprint density at radius 1 is 1.00 bits per heavy atom. The van der Waals surface area contributed by atoms with Crippen LogP contribution in [0.4, 0.5) is 4.39 Å². The number of hydrogen-bond donors (Lipinski definition) is 1. The molecule has 2 heterocycles. The quantitative estimate of drug-likeness (QED) is 0.233. The number of benzene rings is 3. The maximum absolute atomic E-state index is 13.9. The van der Waals surface area contributed by atoms with Crippen LogP contribution in [0.25, 0.3) is 28.2 Å². The molecule has 0 bridgehead atoms. The number of nitrogens with one attached hydrogen (secondary N) is 1. The van der Waals surface area contributed by atoms with Gasteiger partial charge in [-0.1, -0.05) is 67.0 Å². The minimum absolute atomic E-state index is 0.115. The Kier molecular flexibility index (Phi) is 8.24. The van der Waals surface area contributed by atoms with Gasteiger partial charge in [-0.05, 0) is 61.2 Å². The molecule has 0 spiro atoms. The van der Waals surface area contributed by atoms with Gasteiger partial charge in [0.1, 0.15) is 24.4 Å². The van der Waals surface area contributed by atoms with Crippen molar-refractivity contribution in [3.63, 3.8) is 0 Å². The van der Waals surface area contributed by atoms with E-state index in [2.05, 4.69) is 17.1 Å². The third-order valence-corrected chi connectivity index (χ3v) is 6.83. The second-order valence-corrected chi connectivity index (χ2v) is 9.91. The molecule has 2 aromatic heterocycles. The summed E-state index contributed by atoms with van der Waals surface area (Å²) in [6, 6.07) is 22.6. The molecule has 1 unspecified atom stereocenters. The maximum atomic E-state index is 13.9. The number of aromatic amines is 1. The van der Waals surface area contributed by atoms with Gasteiger partial charge in [0.05, 0.1) is 11.4 Å². The summed E-state index contributed by atoms with van der Waals surface area (Å²) in [5, 5.41) is 3.83. The van der Waals surface area contributed by atoms with Gasteiger partial charge in [-0.3, -0.25) is 18.9 Å². The van der Waals surface area contributed by atoms with Gasteiger partial charge in [-0.25, -0.2) is 14.2 Å². The van der Waals surface area contributed by atoms with E-state index in [-0.39, 0.29) is 5.56 Å². The van der Waals surface area contributed by atoms with Crippen LogP contribution in [0.15, 0.2) is 86.9 Å². The van der Waals surface area contributed by atoms with E-state index in [1.807, 2.05) is 55.5 Å². The molecule has 0 aliphatic heterocycles. The van der Waals surface area contributed by atoms with Crippen molar-refractivity contribution in [2.45, 2.75) is 46.1 Å². The normalized spacial score (nSPS) is 11.9. The molecule has 5 rings (SSSR count). The van der Waals surface area contributed by atoms with Gasteiger partial charge in [-0.2, -0.15) is 0 Å². The number of aryl methyl sites for hydroxylation is 2. The molecule has 0 fully saturated rings. The lowest BCUT2D eigenvalue weighted by Gasteiger charge is -2.16. The van der Waals surface area contributed by atoms with Gasteiger partial charge < -0.3 is 4.74 Å². The van der Waals surface area contributed by atoms with Crippen molar-refractivity contribution < 1.29 is 13.7 Å². The Hall–Kier alpha value is -4.79. The lowest BCUT2D eigenvalue weighted by Crippen LogP contribution is -2.28. The van der Waals surface area contributed by atoms with Crippen molar-refractivity contribution in [2.75, 3.05) is 6.67 Å². The fourth-order valence-electron chi connectivity index (χ4n) is 4.87. The Balaban J connectivity index is 1.47. The van der Waals surface area contributed by atoms with Crippen molar-refractivity contribution in [3.8, 4) is 34.0 Å². The van der Waals surface area contributed by atoms with Crippen LogP contribution in [-0.2, 0) is 12.8 Å². The topological polar surface area (TPSA) is 103 Å². The zero-order valence-corrected chi connectivity index (χ0v) is 23.2. The zero-order chi connectivity index (χ0) is 28.9. The standard InChI is InChI=1S/C32H31FN4O4/c1-4-7-29-28(31(38)37(21(3)34-29)24-14-16-25(17-15-24)40-20(2)19-33)18-22-10-12-23(13-11-22)26-8-5-6-9-27(26)30-35-32(39)41-36-30/h5-6,8-17,20H,4,7,18-19H2,1-3H3,(H,35,36,39). The molecule has 5 aromatic rings. The van der Waals surface area contributed by atoms with Crippen molar-refractivity contribution in [1.29, 1.82) is 0 Å². The average molecular weight is 555 g/mol. The van der Waals surface area contributed by atoms with Gasteiger partial charge in [0.25, 0.3) is 5.56 Å². The van der Waals surface area contributed by atoms with Crippen molar-refractivity contribution >= 4 is 0 Å². The van der Waals surface area contributed by atoms with E-state index in [4.69, 9.17) is 14.2 Å². The molecule has 1 N–H and O–H groups in total. The molecule has 0 amide bonds. The van der Waals surface area contributed by atoms with Crippen molar-refractivity contribution in [1.82, 2.24) is 19.7 Å². The number of nitrogens with zero attached hydrogens (tertiary/aromatic N) is 3. The van der Waals surface area contributed by atoms with Crippen LogP contribution in [0.1, 0.15) is 42.9 Å². The molecule has 0 aliphatic rings. The van der Waals surface area contributed by atoms with Gasteiger partial charge in [0.15, 0.2) is 5.82 Å². The first-order chi connectivity index (χ1) is 19.9. The minimum Gasteiger partial charge on any atom is -0.488 e. The maximum Gasteiger partial charge on any atom is 0.439 e. The molecular weight excluding hydrogens is 523 g/mol. The molecule has 1 atom stereocenters. The first-order valence-electron chi connectivity index (χ1n) is 13.6. The number of aromatic nitrogens is 4. The SMILES string of the molecule is CCCc1nc(C)n(-c2ccc(OC(C)CF)cc2)c(=O)c1Cc1ccc(-c2ccccc2-c2noc(=O)[nH]2)cc1. The first-order valence-corrected chi connectivity index (χ1v) is 13.6. The Morgan fingerprint density at radius 3 is 2.34 bits per heavy atom. The number of hydrogen-bond acceptors (Lipinski definition) is 6. The Bertz CT molecular complexity index is 1750. The highest BCUT2D eigenvalue weighted by atomic mass is 19.1. The predicted octanol–water partition coefficient (Wildman–Crippen LogP) is 5.83. The molecule has 0 saturated carbocycles. The van der Waals surface area contributed by atoms with E-state index in [0.29, 0.717) is 41.5 Å². The summed E-state index contributed by atoms with van der Waals surface area (Å²) in [6.07, 6.45) is 1.44. The number of ether oxygens (including phenoxy) is 1. The summed E-state index contributed by atoms with van der Waals surface area (Å²) in [7, 11) is 0. The number of rotatable bonds is 10. The van der Waals surface area contributed by atoms with Gasteiger partial charge in [0.2, 0.25) is 0 Å². The summed E-state index contributed by atoms with van der Waals surface area (Å²) in [5.74, 6) is 0.894. The van der Waals surface area contributed by atoms with E-state index in [0.717, 1.165) is 34.4 Å². The summed E-state index contributed by atoms with van der Waals surface area (Å²) in [6.45, 7) is 4.98. The lowest BCUT2D eigenvalue weighted by atomic mass is 9.96. The van der Waals surface area contributed by atoms with E-state index in [1.54, 1.807) is 35.8 Å². The zero-order valence-electron chi connectivity index (χ0n) is 23.2. The van der Waals surface area contributed by atoms with E-state index in [1.165, 1.54) is 0 Å². The van der Waals surface area contributed by atoms with Crippen LogP contribution in [-0.4, -0.2) is 32.5 Å². The summed E-state index contributed by atoms with van der Waals surface area (Å²) in [5.41, 5.74) is 5.55. The largest absolute Gasteiger partial charge is 0.488 e. The summed E-state index contributed by atoms with van der Waals surface area (Å²) >= 11 is 0. The van der Waals surface area contributed by atoms with Crippen LogP contribution in [0.3, 0.4) is 0 Å². The minimum atomic E-state index is -0.610. The van der Waals surface area contributed by atoms with Crippen LogP contribution in [0, 0.1) is 6.92 Å². The third kappa shape index (κ3) is 6.04. The second-order valence-electron chi connectivity index (χ2n) is 9.91. The molecule has 41 heavy (non-hydrogen) atoms. The van der Waals surface area contributed by atoms with E-state index >= 15 is 0 Å². The third-order valence-electron chi connectivity index (χ3n) is 6.83. The highest BCUT2D eigenvalue weighted by Gasteiger charge is 2.17. The highest BCUT2D eigenvalue weighted by Crippen LogP contribution is 2.30. The number of H-pyrrole nitrogens is 1. The van der Waals surface area contributed by atoms with Crippen LogP contribution in [0.2, 0.25) is 0 Å². The summed E-state index contributed by atoms with van der Waals surface area (Å²) < 4.78 is 24.7. The number of alkyl halides is 1. The summed E-state index contributed by atoms with van der Waals surface area (Å²) in [4.78, 5) is 32.8. The predicted molar refractivity (Wildman–Crippen MR) is 155 cm³/mol.